The average Bonchev–Trinajstić information content (AvgIpc) is 3.64. The van der Waals surface area contributed by atoms with Crippen LogP contribution in [0.1, 0.15) is 44.0 Å². The molecular weight excluding hydrogens is 548 g/mol. The normalized spacial score (nSPS) is 22.7. The summed E-state index contributed by atoms with van der Waals surface area (Å²) < 4.78 is 15.5. The van der Waals surface area contributed by atoms with Crippen molar-refractivity contribution in [2.45, 2.75) is 51.3 Å². The number of aryl methyl sites for hydroxylation is 2. The van der Waals surface area contributed by atoms with Gasteiger partial charge in [-0.1, -0.05) is 11.6 Å². The molecule has 216 valence electrons. The van der Waals surface area contributed by atoms with E-state index in [0.717, 1.165) is 73.2 Å². The molecule has 1 spiro atoms. The molecule has 6 heterocycles. The van der Waals surface area contributed by atoms with Gasteiger partial charge in [0.25, 0.3) is 0 Å². The fourth-order valence-electron chi connectivity index (χ4n) is 6.64. The molecule has 3 saturated heterocycles. The molecule has 12 nitrogen and oxygen atoms in total. The first kappa shape index (κ1) is 26.4. The molecule has 0 aliphatic carbocycles. The molecule has 0 bridgehead atoms. The molecular formula is C28H33ClN8O4. The van der Waals surface area contributed by atoms with Gasteiger partial charge in [-0.3, -0.25) is 4.68 Å². The number of nitrogens with one attached hydrogen (secondary N) is 1. The lowest BCUT2D eigenvalue weighted by Crippen LogP contribution is -2.52. The van der Waals surface area contributed by atoms with E-state index in [1.165, 1.54) is 0 Å². The van der Waals surface area contributed by atoms with Gasteiger partial charge in [-0.15, -0.1) is 0 Å². The molecule has 3 fully saturated rings. The minimum Gasteiger partial charge on any atom is -0.465 e. The molecule has 41 heavy (non-hydrogen) atoms. The van der Waals surface area contributed by atoms with Gasteiger partial charge in [0.05, 0.1) is 35.5 Å². The zero-order chi connectivity index (χ0) is 28.3. The summed E-state index contributed by atoms with van der Waals surface area (Å²) >= 11 is 6.94. The van der Waals surface area contributed by atoms with Crippen molar-refractivity contribution in [2.75, 3.05) is 37.8 Å². The van der Waals surface area contributed by atoms with Crippen LogP contribution in [0.5, 0.6) is 0 Å². The van der Waals surface area contributed by atoms with E-state index in [-0.39, 0.29) is 17.7 Å². The number of aromatic nitrogens is 6. The molecule has 4 aromatic rings. The van der Waals surface area contributed by atoms with E-state index in [9.17, 15) is 9.90 Å². The Morgan fingerprint density at radius 1 is 1.20 bits per heavy atom. The van der Waals surface area contributed by atoms with E-state index in [2.05, 4.69) is 15.3 Å². The van der Waals surface area contributed by atoms with Crippen LogP contribution in [0.2, 0.25) is 5.02 Å². The largest absolute Gasteiger partial charge is 0.465 e. The van der Waals surface area contributed by atoms with E-state index in [1.54, 1.807) is 4.68 Å². The maximum atomic E-state index is 11.4. The highest BCUT2D eigenvalue weighted by Crippen LogP contribution is 2.42. The van der Waals surface area contributed by atoms with Crippen molar-refractivity contribution in [3.8, 4) is 11.3 Å². The van der Waals surface area contributed by atoms with E-state index < -0.39 is 6.09 Å². The summed E-state index contributed by atoms with van der Waals surface area (Å²) in [5.74, 6) is 0.811. The zero-order valence-corrected chi connectivity index (χ0v) is 23.9. The molecule has 3 aliphatic rings. The molecule has 13 heteroatoms. The number of rotatable bonds is 4. The second-order valence-corrected chi connectivity index (χ2v) is 11.8. The topological polar surface area (TPSA) is 132 Å². The van der Waals surface area contributed by atoms with Crippen molar-refractivity contribution >= 4 is 45.6 Å². The first-order valence-electron chi connectivity index (χ1n) is 14.2. The molecule has 2 atom stereocenters. The second-order valence-electron chi connectivity index (χ2n) is 11.4. The summed E-state index contributed by atoms with van der Waals surface area (Å²) in [6.45, 7) is 5.08. The van der Waals surface area contributed by atoms with E-state index in [0.29, 0.717) is 41.7 Å². The number of nitrogens with zero attached hydrogens (tertiary/aromatic N) is 7. The number of carbonyl (C=O) groups is 1. The van der Waals surface area contributed by atoms with Crippen LogP contribution in [0.25, 0.3) is 33.3 Å². The van der Waals surface area contributed by atoms with Crippen molar-refractivity contribution in [3.63, 3.8) is 0 Å². The van der Waals surface area contributed by atoms with Gasteiger partial charge in [-0.2, -0.15) is 10.2 Å². The third-order valence-electron chi connectivity index (χ3n) is 8.87. The number of hydrogen-bond donors (Lipinski definition) is 2. The van der Waals surface area contributed by atoms with Crippen LogP contribution in [0.3, 0.4) is 0 Å². The number of anilines is 1. The highest BCUT2D eigenvalue weighted by atomic mass is 35.5. The van der Waals surface area contributed by atoms with Gasteiger partial charge >= 0.3 is 6.09 Å². The predicted octanol–water partition coefficient (Wildman–Crippen LogP) is 4.29. The van der Waals surface area contributed by atoms with E-state index >= 15 is 0 Å². The Kier molecular flexibility index (Phi) is 6.51. The third kappa shape index (κ3) is 4.48. The number of carboxylic acid groups (broad SMARTS) is 1. The van der Waals surface area contributed by atoms with Crippen LogP contribution in [-0.4, -0.2) is 79.7 Å². The Bertz CT molecular complexity index is 1640. The van der Waals surface area contributed by atoms with Crippen LogP contribution in [0, 0.1) is 12.3 Å². The third-order valence-corrected chi connectivity index (χ3v) is 9.27. The van der Waals surface area contributed by atoms with Crippen molar-refractivity contribution in [1.82, 2.24) is 34.8 Å². The number of piperidine rings is 1. The van der Waals surface area contributed by atoms with Gasteiger partial charge < -0.3 is 24.8 Å². The summed E-state index contributed by atoms with van der Waals surface area (Å²) in [6.07, 6.45) is 5.20. The quantitative estimate of drug-likeness (QED) is 0.362. The summed E-state index contributed by atoms with van der Waals surface area (Å²) in [5.41, 5.74) is 4.24. The Hall–Kier alpha value is -3.48. The van der Waals surface area contributed by atoms with Crippen molar-refractivity contribution in [2.24, 2.45) is 12.5 Å². The number of hydrogen-bond acceptors (Lipinski definition) is 8. The molecule has 2 N–H and O–H groups in total. The molecule has 3 aliphatic heterocycles. The highest BCUT2D eigenvalue weighted by molar-refractivity contribution is 6.38. The van der Waals surface area contributed by atoms with Crippen LogP contribution in [0.15, 0.2) is 18.3 Å². The first-order valence-corrected chi connectivity index (χ1v) is 14.5. The molecule has 7 rings (SSSR count). The average molecular weight is 581 g/mol. The lowest BCUT2D eigenvalue weighted by molar-refractivity contribution is -0.0368. The number of benzene rings is 1. The van der Waals surface area contributed by atoms with Crippen LogP contribution < -0.4 is 10.2 Å². The van der Waals surface area contributed by atoms with Gasteiger partial charge in [0, 0.05) is 49.3 Å². The van der Waals surface area contributed by atoms with Crippen molar-refractivity contribution < 1.29 is 19.4 Å². The lowest BCUT2D eigenvalue weighted by atomic mass is 9.74. The summed E-state index contributed by atoms with van der Waals surface area (Å²) in [5, 5.41) is 23.0. The number of ether oxygens (including phenoxy) is 2. The van der Waals surface area contributed by atoms with E-state index in [1.807, 2.05) is 37.0 Å². The van der Waals surface area contributed by atoms with Crippen LogP contribution >= 0.6 is 11.6 Å². The summed E-state index contributed by atoms with van der Waals surface area (Å²) in [7, 11) is 1.88. The number of fused-ring (bicyclic) bond motifs is 2. The van der Waals surface area contributed by atoms with Crippen LogP contribution in [0.4, 0.5) is 10.6 Å². The summed E-state index contributed by atoms with van der Waals surface area (Å²) in [6, 6.07) is 3.70. The first-order chi connectivity index (χ1) is 19.8. The Morgan fingerprint density at radius 3 is 2.78 bits per heavy atom. The van der Waals surface area contributed by atoms with Gasteiger partial charge in [0.15, 0.2) is 17.7 Å². The smallest absolute Gasteiger partial charge is 0.404 e. The van der Waals surface area contributed by atoms with Gasteiger partial charge in [-0.05, 0) is 51.2 Å². The van der Waals surface area contributed by atoms with Gasteiger partial charge in [0.1, 0.15) is 11.2 Å². The number of amides is 1. The molecule has 1 unspecified atom stereocenters. The fourth-order valence-corrected chi connectivity index (χ4v) is 6.94. The zero-order valence-electron chi connectivity index (χ0n) is 23.1. The molecule has 1 amide bonds. The fraction of sp³-hybridized carbons (Fsp3) is 0.536. The maximum Gasteiger partial charge on any atom is 0.404 e. The molecule has 0 radical (unpaired) electrons. The van der Waals surface area contributed by atoms with Crippen molar-refractivity contribution in [1.29, 1.82) is 0 Å². The highest BCUT2D eigenvalue weighted by Gasteiger charge is 2.47. The molecule has 1 aromatic carbocycles. The van der Waals surface area contributed by atoms with E-state index in [4.69, 9.17) is 36.1 Å². The standard InChI is InChI=1S/C28H33ClN8O4/c1-16-25(36-10-8-28(9-11-36)15-40-14-20(28)31-27(38)39)32-26-24(30-16)23(34-37(26)21-5-3-4-12-41-21)17-6-7-19-18(22(17)29)13-35(2)33-19/h6-7,13,20-21,31H,3-5,8-12,14-15H2,1-2H3,(H,38,39)/t20-,21?/m1/s1. The number of halogens is 1. The van der Waals surface area contributed by atoms with Crippen LogP contribution in [-0.2, 0) is 16.5 Å². The molecule has 0 saturated carbocycles. The van der Waals surface area contributed by atoms with Gasteiger partial charge in [0.2, 0.25) is 0 Å². The Balaban J connectivity index is 1.28. The maximum absolute atomic E-state index is 11.4. The predicted molar refractivity (Wildman–Crippen MR) is 153 cm³/mol. The monoisotopic (exact) mass is 580 g/mol. The van der Waals surface area contributed by atoms with Crippen molar-refractivity contribution in [3.05, 3.63) is 29.0 Å². The lowest BCUT2D eigenvalue weighted by Gasteiger charge is -2.42. The Labute approximate surface area is 241 Å². The molecule has 3 aromatic heterocycles. The second kappa shape index (κ2) is 10.1. The minimum absolute atomic E-state index is 0.201. The van der Waals surface area contributed by atoms with Gasteiger partial charge in [-0.25, -0.2) is 19.4 Å². The summed E-state index contributed by atoms with van der Waals surface area (Å²) in [4.78, 5) is 23.9. The SMILES string of the molecule is Cc1nc2c(-c3ccc4nn(C)cc4c3Cl)nn(C3CCCCO3)c2nc1N1CCC2(CC1)COC[C@H]2NC(=O)O. The minimum atomic E-state index is -1.01. The Morgan fingerprint density at radius 2 is 2.02 bits per heavy atom.